The third-order valence-corrected chi connectivity index (χ3v) is 4.80. The van der Waals surface area contributed by atoms with E-state index in [9.17, 15) is 0 Å². The number of hydrogen-bond donors (Lipinski definition) is 0. The Kier molecular flexibility index (Phi) is 3.76. The predicted octanol–water partition coefficient (Wildman–Crippen LogP) is 4.32. The van der Waals surface area contributed by atoms with Gasteiger partial charge in [-0.1, -0.05) is 36.4 Å². The van der Waals surface area contributed by atoms with E-state index >= 15 is 0 Å². The molecule has 1 aliphatic rings. The first-order valence-electron chi connectivity index (χ1n) is 7.83. The second kappa shape index (κ2) is 5.43. The van der Waals surface area contributed by atoms with Gasteiger partial charge in [-0.05, 0) is 49.6 Å². The van der Waals surface area contributed by atoms with Crippen molar-refractivity contribution in [3.05, 3.63) is 47.5 Å². The van der Waals surface area contributed by atoms with E-state index in [4.69, 9.17) is 4.74 Å². The minimum absolute atomic E-state index is 0.0870. The molecule has 2 nitrogen and oxygen atoms in total. The lowest BCUT2D eigenvalue weighted by Crippen LogP contribution is -2.53. The van der Waals surface area contributed by atoms with Crippen LogP contribution in [-0.4, -0.2) is 30.2 Å². The molecule has 2 heteroatoms. The molecule has 1 fully saturated rings. The minimum Gasteiger partial charge on any atom is -0.378 e. The van der Waals surface area contributed by atoms with Crippen LogP contribution in [0.3, 0.4) is 0 Å². The molecule has 1 unspecified atom stereocenters. The molecule has 112 valence electrons. The van der Waals surface area contributed by atoms with Crippen molar-refractivity contribution in [1.29, 1.82) is 0 Å². The summed E-state index contributed by atoms with van der Waals surface area (Å²) in [5, 5.41) is 2.75. The summed E-state index contributed by atoms with van der Waals surface area (Å²) < 4.78 is 5.67. The van der Waals surface area contributed by atoms with E-state index in [-0.39, 0.29) is 5.54 Å². The SMILES string of the molecule is Cc1ccc(C(C)N2CCOCC2(C)C)c2ccccc12. The molecule has 0 spiro atoms. The second-order valence-electron chi connectivity index (χ2n) is 6.75. The number of benzene rings is 2. The van der Waals surface area contributed by atoms with E-state index in [1.807, 2.05) is 0 Å². The zero-order valence-electron chi connectivity index (χ0n) is 13.5. The van der Waals surface area contributed by atoms with Crippen LogP contribution in [0.15, 0.2) is 36.4 Å². The molecule has 0 radical (unpaired) electrons. The van der Waals surface area contributed by atoms with Crippen LogP contribution in [0.25, 0.3) is 10.8 Å². The highest BCUT2D eigenvalue weighted by atomic mass is 16.5. The molecule has 1 heterocycles. The van der Waals surface area contributed by atoms with Gasteiger partial charge in [0.15, 0.2) is 0 Å². The number of nitrogens with zero attached hydrogens (tertiary/aromatic N) is 1. The summed E-state index contributed by atoms with van der Waals surface area (Å²) in [6, 6.07) is 13.7. The summed E-state index contributed by atoms with van der Waals surface area (Å²) in [7, 11) is 0. The largest absolute Gasteiger partial charge is 0.378 e. The van der Waals surface area contributed by atoms with Crippen LogP contribution in [-0.2, 0) is 4.74 Å². The van der Waals surface area contributed by atoms with Gasteiger partial charge in [0.1, 0.15) is 0 Å². The number of aryl methyl sites for hydroxylation is 1. The Morgan fingerprint density at radius 3 is 2.52 bits per heavy atom. The first kappa shape index (κ1) is 14.6. The highest BCUT2D eigenvalue weighted by Gasteiger charge is 2.34. The highest BCUT2D eigenvalue weighted by Crippen LogP contribution is 2.34. The van der Waals surface area contributed by atoms with E-state index in [0.29, 0.717) is 6.04 Å². The third-order valence-electron chi connectivity index (χ3n) is 4.80. The summed E-state index contributed by atoms with van der Waals surface area (Å²) >= 11 is 0. The molecule has 1 saturated heterocycles. The summed E-state index contributed by atoms with van der Waals surface area (Å²) in [5.74, 6) is 0. The molecule has 0 aromatic heterocycles. The van der Waals surface area contributed by atoms with Crippen molar-refractivity contribution in [1.82, 2.24) is 4.90 Å². The molecule has 2 aromatic rings. The van der Waals surface area contributed by atoms with E-state index in [0.717, 1.165) is 19.8 Å². The van der Waals surface area contributed by atoms with Crippen LogP contribution in [0, 0.1) is 6.92 Å². The Balaban J connectivity index is 2.06. The predicted molar refractivity (Wildman–Crippen MR) is 88.7 cm³/mol. The number of ether oxygens (including phenoxy) is 1. The zero-order chi connectivity index (χ0) is 15.0. The van der Waals surface area contributed by atoms with Gasteiger partial charge in [-0.3, -0.25) is 4.90 Å². The van der Waals surface area contributed by atoms with Gasteiger partial charge in [-0.25, -0.2) is 0 Å². The molecule has 1 atom stereocenters. The lowest BCUT2D eigenvalue weighted by atomic mass is 9.92. The average molecular weight is 283 g/mol. The first-order valence-corrected chi connectivity index (χ1v) is 7.83. The molecule has 0 saturated carbocycles. The van der Waals surface area contributed by atoms with Crippen LogP contribution >= 0.6 is 0 Å². The smallest absolute Gasteiger partial charge is 0.0645 e. The van der Waals surface area contributed by atoms with Crippen LogP contribution < -0.4 is 0 Å². The molecular formula is C19H25NO. The molecule has 1 aliphatic heterocycles. The van der Waals surface area contributed by atoms with Gasteiger partial charge in [0, 0.05) is 18.1 Å². The molecule has 0 amide bonds. The zero-order valence-corrected chi connectivity index (χ0v) is 13.5. The van der Waals surface area contributed by atoms with Gasteiger partial charge in [0.2, 0.25) is 0 Å². The lowest BCUT2D eigenvalue weighted by Gasteiger charge is -2.46. The second-order valence-corrected chi connectivity index (χ2v) is 6.75. The van der Waals surface area contributed by atoms with Crippen molar-refractivity contribution in [2.45, 2.75) is 39.3 Å². The Labute approximate surface area is 127 Å². The molecule has 0 bridgehead atoms. The van der Waals surface area contributed by atoms with Crippen molar-refractivity contribution >= 4 is 10.8 Å². The normalized spacial score (nSPS) is 20.6. The Morgan fingerprint density at radius 1 is 1.10 bits per heavy atom. The summed E-state index contributed by atoms with van der Waals surface area (Å²) in [6.07, 6.45) is 0. The van der Waals surface area contributed by atoms with Crippen molar-refractivity contribution < 1.29 is 4.74 Å². The highest BCUT2D eigenvalue weighted by molar-refractivity contribution is 5.88. The molecule has 3 rings (SSSR count). The molecule has 21 heavy (non-hydrogen) atoms. The third kappa shape index (κ3) is 2.58. The summed E-state index contributed by atoms with van der Waals surface area (Å²) in [4.78, 5) is 2.58. The van der Waals surface area contributed by atoms with Crippen LogP contribution in [0.5, 0.6) is 0 Å². The maximum absolute atomic E-state index is 5.67. The fourth-order valence-electron chi connectivity index (χ4n) is 3.59. The molecule has 0 N–H and O–H groups in total. The fourth-order valence-corrected chi connectivity index (χ4v) is 3.59. The summed E-state index contributed by atoms with van der Waals surface area (Å²) in [6.45, 7) is 11.7. The van der Waals surface area contributed by atoms with Crippen molar-refractivity contribution in [3.8, 4) is 0 Å². The van der Waals surface area contributed by atoms with Gasteiger partial charge in [-0.2, -0.15) is 0 Å². The lowest BCUT2D eigenvalue weighted by molar-refractivity contribution is -0.0693. The van der Waals surface area contributed by atoms with E-state index in [2.05, 4.69) is 69.0 Å². The first-order chi connectivity index (χ1) is 10.0. The molecular weight excluding hydrogens is 258 g/mol. The number of hydrogen-bond acceptors (Lipinski definition) is 2. The monoisotopic (exact) mass is 283 g/mol. The number of morpholine rings is 1. The van der Waals surface area contributed by atoms with Crippen LogP contribution in [0.4, 0.5) is 0 Å². The Hall–Kier alpha value is -1.38. The van der Waals surface area contributed by atoms with Gasteiger partial charge in [-0.15, -0.1) is 0 Å². The number of rotatable bonds is 2. The van der Waals surface area contributed by atoms with E-state index in [1.165, 1.54) is 21.9 Å². The van der Waals surface area contributed by atoms with Gasteiger partial charge >= 0.3 is 0 Å². The van der Waals surface area contributed by atoms with Crippen molar-refractivity contribution in [3.63, 3.8) is 0 Å². The quantitative estimate of drug-likeness (QED) is 0.814. The average Bonchev–Trinajstić information content (AvgIpc) is 2.47. The van der Waals surface area contributed by atoms with Crippen LogP contribution in [0.1, 0.15) is 37.9 Å². The number of fused-ring (bicyclic) bond motifs is 1. The maximum Gasteiger partial charge on any atom is 0.0645 e. The van der Waals surface area contributed by atoms with Crippen molar-refractivity contribution in [2.75, 3.05) is 19.8 Å². The van der Waals surface area contributed by atoms with Gasteiger partial charge in [0.25, 0.3) is 0 Å². The molecule has 2 aromatic carbocycles. The van der Waals surface area contributed by atoms with Gasteiger partial charge in [0.05, 0.1) is 13.2 Å². The van der Waals surface area contributed by atoms with Gasteiger partial charge < -0.3 is 4.74 Å². The Morgan fingerprint density at radius 2 is 1.81 bits per heavy atom. The maximum atomic E-state index is 5.67. The molecule has 0 aliphatic carbocycles. The Bertz CT molecular complexity index is 647. The summed E-state index contributed by atoms with van der Waals surface area (Å²) in [5.41, 5.74) is 2.86. The van der Waals surface area contributed by atoms with E-state index < -0.39 is 0 Å². The van der Waals surface area contributed by atoms with E-state index in [1.54, 1.807) is 0 Å². The van der Waals surface area contributed by atoms with Crippen LogP contribution in [0.2, 0.25) is 0 Å². The standard InChI is InChI=1S/C19H25NO/c1-14-9-10-17(18-8-6-5-7-16(14)18)15(2)20-11-12-21-13-19(20,3)4/h5-10,15H,11-13H2,1-4H3. The topological polar surface area (TPSA) is 12.5 Å². The fraction of sp³-hybridized carbons (Fsp3) is 0.474. The van der Waals surface area contributed by atoms with Crippen molar-refractivity contribution in [2.24, 2.45) is 0 Å². The minimum atomic E-state index is 0.0870.